The lowest BCUT2D eigenvalue weighted by Crippen LogP contribution is -2.42. The summed E-state index contributed by atoms with van der Waals surface area (Å²) in [5.74, 6) is -1.14. The van der Waals surface area contributed by atoms with Gasteiger partial charge in [0.25, 0.3) is 5.91 Å². The highest BCUT2D eigenvalue weighted by molar-refractivity contribution is 6.04. The summed E-state index contributed by atoms with van der Waals surface area (Å²) in [5, 5.41) is 0.764. The molecule has 1 fully saturated rings. The number of fused-ring (bicyclic) bond motifs is 1. The van der Waals surface area contributed by atoms with Crippen LogP contribution in [0.2, 0.25) is 0 Å². The van der Waals surface area contributed by atoms with Gasteiger partial charge in [0.15, 0.2) is 6.61 Å². The van der Waals surface area contributed by atoms with Crippen molar-refractivity contribution >= 4 is 28.7 Å². The van der Waals surface area contributed by atoms with Crippen LogP contribution >= 0.6 is 0 Å². The average molecular weight is 358 g/mol. The molecule has 0 radical (unpaired) electrons. The maximum Gasteiger partial charge on any atom is 0.340 e. The number of nitrogens with one attached hydrogen (secondary N) is 1. The lowest BCUT2D eigenvalue weighted by atomic mass is 9.97. The van der Waals surface area contributed by atoms with Crippen molar-refractivity contribution in [1.29, 1.82) is 0 Å². The van der Waals surface area contributed by atoms with E-state index >= 15 is 0 Å². The first-order valence-electron chi connectivity index (χ1n) is 8.77. The Bertz CT molecular complexity index is 805. The van der Waals surface area contributed by atoms with Crippen LogP contribution in [-0.2, 0) is 19.1 Å². The number of rotatable bonds is 5. The van der Waals surface area contributed by atoms with Gasteiger partial charge in [0, 0.05) is 30.2 Å². The largest absolute Gasteiger partial charge is 0.466 e. The number of hydrogen-bond acceptors (Lipinski definition) is 5. The molecule has 0 spiro atoms. The molecule has 0 saturated carbocycles. The highest BCUT2D eigenvalue weighted by atomic mass is 16.5. The molecular formula is C19H22N2O5. The Kier molecular flexibility index (Phi) is 5.55. The molecule has 1 aromatic carbocycles. The standard InChI is InChI=1S/C19H22N2O5/c1-2-25-18(23)13-7-9-21(10-8-13)17(22)12-26-19(24)15-11-20-16-6-4-3-5-14(15)16/h3-6,11,13,20H,2,7-10,12H2,1H3. The predicted molar refractivity (Wildman–Crippen MR) is 94.5 cm³/mol. The summed E-state index contributed by atoms with van der Waals surface area (Å²) in [6.45, 7) is 2.77. The summed E-state index contributed by atoms with van der Waals surface area (Å²) >= 11 is 0. The molecule has 1 N–H and O–H groups in total. The van der Waals surface area contributed by atoms with E-state index in [-0.39, 0.29) is 24.4 Å². The van der Waals surface area contributed by atoms with Crippen molar-refractivity contribution in [3.8, 4) is 0 Å². The Balaban J connectivity index is 1.50. The Hall–Kier alpha value is -2.83. The lowest BCUT2D eigenvalue weighted by molar-refractivity contribution is -0.151. The third kappa shape index (κ3) is 3.87. The van der Waals surface area contributed by atoms with Gasteiger partial charge in [-0.1, -0.05) is 18.2 Å². The molecule has 1 amide bonds. The topological polar surface area (TPSA) is 88.7 Å². The van der Waals surface area contributed by atoms with Gasteiger partial charge in [0.1, 0.15) is 0 Å². The number of benzene rings is 1. The minimum absolute atomic E-state index is 0.159. The molecule has 0 bridgehead atoms. The van der Waals surface area contributed by atoms with Crippen LogP contribution in [0.1, 0.15) is 30.1 Å². The second-order valence-corrected chi connectivity index (χ2v) is 6.23. The molecule has 7 nitrogen and oxygen atoms in total. The van der Waals surface area contributed by atoms with Crippen LogP contribution in [0.3, 0.4) is 0 Å². The quantitative estimate of drug-likeness (QED) is 0.827. The van der Waals surface area contributed by atoms with Crippen molar-refractivity contribution in [2.45, 2.75) is 19.8 Å². The smallest absolute Gasteiger partial charge is 0.340 e. The lowest BCUT2D eigenvalue weighted by Gasteiger charge is -2.30. The van der Waals surface area contributed by atoms with Crippen LogP contribution in [0.25, 0.3) is 10.9 Å². The Morgan fingerprint density at radius 3 is 2.62 bits per heavy atom. The minimum atomic E-state index is -0.530. The molecule has 2 aromatic rings. The number of likely N-dealkylation sites (tertiary alicyclic amines) is 1. The van der Waals surface area contributed by atoms with E-state index in [1.165, 1.54) is 0 Å². The predicted octanol–water partition coefficient (Wildman–Crippen LogP) is 2.13. The number of ether oxygens (including phenoxy) is 2. The molecule has 138 valence electrons. The van der Waals surface area contributed by atoms with E-state index in [0.717, 1.165) is 10.9 Å². The second kappa shape index (κ2) is 8.03. The first kappa shape index (κ1) is 18.0. The number of amides is 1. The Morgan fingerprint density at radius 2 is 1.88 bits per heavy atom. The van der Waals surface area contributed by atoms with Gasteiger partial charge in [0.05, 0.1) is 18.1 Å². The van der Waals surface area contributed by atoms with Crippen molar-refractivity contribution in [3.63, 3.8) is 0 Å². The van der Waals surface area contributed by atoms with Gasteiger partial charge >= 0.3 is 11.9 Å². The fourth-order valence-corrected chi connectivity index (χ4v) is 3.16. The van der Waals surface area contributed by atoms with Crippen LogP contribution in [0.4, 0.5) is 0 Å². The molecule has 1 aliphatic rings. The van der Waals surface area contributed by atoms with E-state index in [0.29, 0.717) is 38.1 Å². The van der Waals surface area contributed by atoms with E-state index < -0.39 is 5.97 Å². The van der Waals surface area contributed by atoms with Crippen LogP contribution in [0, 0.1) is 5.92 Å². The number of aromatic amines is 1. The average Bonchev–Trinajstić information content (AvgIpc) is 3.10. The maximum atomic E-state index is 12.3. The maximum absolute atomic E-state index is 12.3. The molecule has 3 rings (SSSR count). The molecule has 0 unspecified atom stereocenters. The number of piperidine rings is 1. The monoisotopic (exact) mass is 358 g/mol. The van der Waals surface area contributed by atoms with E-state index in [2.05, 4.69) is 4.98 Å². The van der Waals surface area contributed by atoms with Gasteiger partial charge in [-0.05, 0) is 25.8 Å². The molecule has 7 heteroatoms. The zero-order valence-corrected chi connectivity index (χ0v) is 14.7. The van der Waals surface area contributed by atoms with Gasteiger partial charge < -0.3 is 19.4 Å². The van der Waals surface area contributed by atoms with Gasteiger partial charge in [-0.25, -0.2) is 4.79 Å². The van der Waals surface area contributed by atoms with Crippen LogP contribution in [0.5, 0.6) is 0 Å². The number of nitrogens with zero attached hydrogens (tertiary/aromatic N) is 1. The number of carbonyl (C=O) groups is 3. The van der Waals surface area contributed by atoms with Crippen molar-refractivity contribution in [2.75, 3.05) is 26.3 Å². The van der Waals surface area contributed by atoms with E-state index in [9.17, 15) is 14.4 Å². The van der Waals surface area contributed by atoms with Crippen molar-refractivity contribution in [3.05, 3.63) is 36.0 Å². The molecule has 0 aliphatic carbocycles. The zero-order valence-electron chi connectivity index (χ0n) is 14.7. The molecule has 1 aliphatic heterocycles. The van der Waals surface area contributed by atoms with E-state index in [4.69, 9.17) is 9.47 Å². The molecule has 0 atom stereocenters. The molecule has 1 saturated heterocycles. The summed E-state index contributed by atoms with van der Waals surface area (Å²) in [7, 11) is 0. The number of aromatic nitrogens is 1. The Labute approximate surface area is 151 Å². The highest BCUT2D eigenvalue weighted by Gasteiger charge is 2.28. The summed E-state index contributed by atoms with van der Waals surface area (Å²) in [5.41, 5.74) is 1.25. The molecule has 2 heterocycles. The number of para-hydroxylation sites is 1. The van der Waals surface area contributed by atoms with Gasteiger partial charge in [-0.15, -0.1) is 0 Å². The molecule has 26 heavy (non-hydrogen) atoms. The third-order valence-corrected chi connectivity index (χ3v) is 4.60. The van der Waals surface area contributed by atoms with Crippen molar-refractivity contribution in [2.24, 2.45) is 5.92 Å². The summed E-state index contributed by atoms with van der Waals surface area (Å²) in [6, 6.07) is 7.40. The van der Waals surface area contributed by atoms with E-state index in [1.54, 1.807) is 18.0 Å². The summed E-state index contributed by atoms with van der Waals surface area (Å²) in [6.07, 6.45) is 2.73. The number of carbonyl (C=O) groups excluding carboxylic acids is 3. The first-order chi connectivity index (χ1) is 12.6. The highest BCUT2D eigenvalue weighted by Crippen LogP contribution is 2.20. The molecule has 1 aromatic heterocycles. The fraction of sp³-hybridized carbons (Fsp3) is 0.421. The first-order valence-corrected chi connectivity index (χ1v) is 8.77. The van der Waals surface area contributed by atoms with Crippen LogP contribution in [-0.4, -0.2) is 54.0 Å². The van der Waals surface area contributed by atoms with E-state index in [1.807, 2.05) is 24.3 Å². The minimum Gasteiger partial charge on any atom is -0.466 e. The van der Waals surface area contributed by atoms with Gasteiger partial charge in [0.2, 0.25) is 0 Å². The fourth-order valence-electron chi connectivity index (χ4n) is 3.16. The number of hydrogen-bond donors (Lipinski definition) is 1. The van der Waals surface area contributed by atoms with Gasteiger partial charge in [-0.3, -0.25) is 9.59 Å². The summed E-state index contributed by atoms with van der Waals surface area (Å²) < 4.78 is 10.2. The van der Waals surface area contributed by atoms with Crippen molar-refractivity contribution < 1.29 is 23.9 Å². The van der Waals surface area contributed by atoms with Crippen LogP contribution < -0.4 is 0 Å². The number of H-pyrrole nitrogens is 1. The summed E-state index contributed by atoms with van der Waals surface area (Å²) in [4.78, 5) is 40.9. The number of esters is 2. The zero-order chi connectivity index (χ0) is 18.5. The normalized spacial score (nSPS) is 15.0. The SMILES string of the molecule is CCOC(=O)C1CCN(C(=O)COC(=O)c2c[nH]c3ccccc23)CC1. The van der Waals surface area contributed by atoms with Crippen molar-refractivity contribution in [1.82, 2.24) is 9.88 Å². The third-order valence-electron chi connectivity index (χ3n) is 4.60. The van der Waals surface area contributed by atoms with Crippen LogP contribution in [0.15, 0.2) is 30.5 Å². The van der Waals surface area contributed by atoms with Gasteiger partial charge in [-0.2, -0.15) is 0 Å². The Morgan fingerprint density at radius 1 is 1.15 bits per heavy atom. The molecular weight excluding hydrogens is 336 g/mol. The second-order valence-electron chi connectivity index (χ2n) is 6.23.